The molecule has 0 aromatic rings. The molecule has 2 heteroatoms. The van der Waals surface area contributed by atoms with Gasteiger partial charge in [0.1, 0.15) is 0 Å². The Bertz CT molecular complexity index is 124. The van der Waals surface area contributed by atoms with Gasteiger partial charge in [0, 0.05) is 5.57 Å². The summed E-state index contributed by atoms with van der Waals surface area (Å²) in [7, 11) is 0. The van der Waals surface area contributed by atoms with E-state index in [1.165, 1.54) is 12.8 Å². The van der Waals surface area contributed by atoms with Crippen molar-refractivity contribution in [3.8, 4) is 0 Å². The van der Waals surface area contributed by atoms with Gasteiger partial charge in [-0.25, -0.2) is 4.79 Å². The van der Waals surface area contributed by atoms with Crippen molar-refractivity contribution in [2.75, 3.05) is 0 Å². The zero-order chi connectivity index (χ0) is 9.28. The van der Waals surface area contributed by atoms with E-state index >= 15 is 0 Å². The molecular weight excluding hydrogens is 140 g/mol. The monoisotopic (exact) mass is 158 g/mol. The maximum atomic E-state index is 9.86. The average Bonchev–Trinajstić information content (AvgIpc) is 2.03. The summed E-state index contributed by atoms with van der Waals surface area (Å²) < 4.78 is 0. The van der Waals surface area contributed by atoms with Gasteiger partial charge in [0.2, 0.25) is 0 Å². The van der Waals surface area contributed by atoms with Crippen LogP contribution in [0.2, 0.25) is 0 Å². The van der Waals surface area contributed by atoms with E-state index in [4.69, 9.17) is 5.11 Å². The molecule has 0 aromatic heterocycles. The predicted octanol–water partition coefficient (Wildman–Crippen LogP) is 2.84. The molecule has 0 spiro atoms. The summed E-state index contributed by atoms with van der Waals surface area (Å²) in [5, 5.41) is 8.11. The van der Waals surface area contributed by atoms with Crippen molar-refractivity contribution in [3.05, 3.63) is 11.6 Å². The highest BCUT2D eigenvalue weighted by atomic mass is 16.4. The Hall–Kier alpha value is -0.790. The second kappa shape index (κ2) is 9.21. The molecule has 0 saturated heterocycles. The zero-order valence-electron chi connectivity index (χ0n) is 7.85. The first-order chi connectivity index (χ1) is 5.09. The maximum absolute atomic E-state index is 9.86. The first kappa shape index (κ1) is 12.8. The van der Waals surface area contributed by atoms with E-state index in [9.17, 15) is 4.79 Å². The molecule has 0 fully saturated rings. The lowest BCUT2D eigenvalue weighted by atomic mass is 10.3. The summed E-state index contributed by atoms with van der Waals surface area (Å²) >= 11 is 0. The van der Waals surface area contributed by atoms with Crippen LogP contribution in [0.5, 0.6) is 0 Å². The molecule has 0 rings (SSSR count). The standard InChI is InChI=1S/C5H8O2.C4H10/c1-3-4(2)5(6)7;1-3-4-2/h3H,1-2H3,(H,6,7);3-4H2,1-2H3. The first-order valence-electron chi connectivity index (χ1n) is 3.96. The van der Waals surface area contributed by atoms with Crippen LogP contribution in [-0.4, -0.2) is 11.1 Å². The predicted molar refractivity (Wildman–Crippen MR) is 47.6 cm³/mol. The molecule has 0 aliphatic carbocycles. The fourth-order valence-electron chi connectivity index (χ4n) is 0.123. The molecule has 2 nitrogen and oxygen atoms in total. The van der Waals surface area contributed by atoms with Gasteiger partial charge in [-0.3, -0.25) is 0 Å². The number of aliphatic carboxylic acids is 1. The largest absolute Gasteiger partial charge is 0.478 e. The lowest BCUT2D eigenvalue weighted by Crippen LogP contribution is -1.93. The van der Waals surface area contributed by atoms with E-state index in [0.717, 1.165) is 0 Å². The van der Waals surface area contributed by atoms with Crippen LogP contribution in [0.3, 0.4) is 0 Å². The van der Waals surface area contributed by atoms with Gasteiger partial charge >= 0.3 is 5.97 Å². The first-order valence-corrected chi connectivity index (χ1v) is 3.96. The topological polar surface area (TPSA) is 37.3 Å². The molecule has 0 atom stereocenters. The SMILES string of the molecule is CC=C(C)C(=O)O.CCCC. The molecular formula is C9H18O2. The van der Waals surface area contributed by atoms with E-state index in [0.29, 0.717) is 5.57 Å². The normalized spacial score (nSPS) is 10.0. The highest BCUT2D eigenvalue weighted by molar-refractivity contribution is 5.85. The summed E-state index contributed by atoms with van der Waals surface area (Å²) in [5.41, 5.74) is 0.389. The van der Waals surface area contributed by atoms with Gasteiger partial charge in [-0.05, 0) is 13.8 Å². The second-order valence-electron chi connectivity index (χ2n) is 2.28. The van der Waals surface area contributed by atoms with Gasteiger partial charge < -0.3 is 5.11 Å². The second-order valence-corrected chi connectivity index (χ2v) is 2.28. The number of allylic oxidation sites excluding steroid dienone is 1. The van der Waals surface area contributed by atoms with Crippen LogP contribution in [-0.2, 0) is 4.79 Å². The Balaban J connectivity index is 0. The Morgan fingerprint density at radius 2 is 1.73 bits per heavy atom. The third kappa shape index (κ3) is 12.4. The molecule has 11 heavy (non-hydrogen) atoms. The van der Waals surface area contributed by atoms with Crippen LogP contribution in [0.1, 0.15) is 40.5 Å². The van der Waals surface area contributed by atoms with Crippen LogP contribution in [0.25, 0.3) is 0 Å². The van der Waals surface area contributed by atoms with Gasteiger partial charge in [0.05, 0.1) is 0 Å². The van der Waals surface area contributed by atoms with Gasteiger partial charge in [0.25, 0.3) is 0 Å². The number of rotatable bonds is 2. The van der Waals surface area contributed by atoms with E-state index in [1.54, 1.807) is 19.9 Å². The minimum Gasteiger partial charge on any atom is -0.478 e. The minimum absolute atomic E-state index is 0.389. The quantitative estimate of drug-likeness (QED) is 0.627. The van der Waals surface area contributed by atoms with Crippen molar-refractivity contribution in [3.63, 3.8) is 0 Å². The molecule has 1 N–H and O–H groups in total. The van der Waals surface area contributed by atoms with E-state index in [1.807, 2.05) is 0 Å². The summed E-state index contributed by atoms with van der Waals surface area (Å²) in [6.07, 6.45) is 4.20. The van der Waals surface area contributed by atoms with Crippen molar-refractivity contribution in [1.82, 2.24) is 0 Å². The third-order valence-electron chi connectivity index (χ3n) is 1.27. The number of carboxylic acid groups (broad SMARTS) is 1. The lowest BCUT2D eigenvalue weighted by Gasteiger charge is -1.84. The Morgan fingerprint density at radius 3 is 1.73 bits per heavy atom. The summed E-state index contributed by atoms with van der Waals surface area (Å²) in [6.45, 7) is 7.62. The van der Waals surface area contributed by atoms with Gasteiger partial charge in [0.15, 0.2) is 0 Å². The number of carbonyl (C=O) groups is 1. The molecule has 0 aliphatic heterocycles. The van der Waals surface area contributed by atoms with Crippen molar-refractivity contribution in [1.29, 1.82) is 0 Å². The van der Waals surface area contributed by atoms with Gasteiger partial charge in [-0.15, -0.1) is 0 Å². The van der Waals surface area contributed by atoms with Crippen LogP contribution in [0.4, 0.5) is 0 Å². The number of unbranched alkanes of at least 4 members (excludes halogenated alkanes) is 1. The Kier molecular flexibility index (Phi) is 10.8. The van der Waals surface area contributed by atoms with E-state index in [2.05, 4.69) is 13.8 Å². The van der Waals surface area contributed by atoms with Crippen molar-refractivity contribution < 1.29 is 9.90 Å². The number of carboxylic acids is 1. The molecule has 0 aliphatic rings. The van der Waals surface area contributed by atoms with Crippen molar-refractivity contribution in [2.45, 2.75) is 40.5 Å². The average molecular weight is 158 g/mol. The molecule has 0 unspecified atom stereocenters. The van der Waals surface area contributed by atoms with E-state index in [-0.39, 0.29) is 0 Å². The van der Waals surface area contributed by atoms with Crippen LogP contribution < -0.4 is 0 Å². The van der Waals surface area contributed by atoms with Crippen molar-refractivity contribution in [2.24, 2.45) is 0 Å². The fourth-order valence-corrected chi connectivity index (χ4v) is 0.123. The van der Waals surface area contributed by atoms with Crippen LogP contribution in [0, 0.1) is 0 Å². The molecule has 0 amide bonds. The minimum atomic E-state index is -0.845. The van der Waals surface area contributed by atoms with Crippen LogP contribution >= 0.6 is 0 Å². The molecule has 66 valence electrons. The fraction of sp³-hybridized carbons (Fsp3) is 0.667. The summed E-state index contributed by atoms with van der Waals surface area (Å²) in [5.74, 6) is -0.845. The Morgan fingerprint density at radius 1 is 1.36 bits per heavy atom. The lowest BCUT2D eigenvalue weighted by molar-refractivity contribution is -0.132. The smallest absolute Gasteiger partial charge is 0.330 e. The summed E-state index contributed by atoms with van der Waals surface area (Å²) in [4.78, 5) is 9.86. The Labute approximate surface area is 68.9 Å². The van der Waals surface area contributed by atoms with E-state index < -0.39 is 5.97 Å². The highest BCUT2D eigenvalue weighted by Gasteiger charge is 1.93. The van der Waals surface area contributed by atoms with Gasteiger partial charge in [-0.1, -0.05) is 32.8 Å². The molecule has 0 radical (unpaired) electrons. The molecule has 0 saturated carbocycles. The molecule has 0 heterocycles. The third-order valence-corrected chi connectivity index (χ3v) is 1.27. The van der Waals surface area contributed by atoms with Crippen LogP contribution in [0.15, 0.2) is 11.6 Å². The summed E-state index contributed by atoms with van der Waals surface area (Å²) in [6, 6.07) is 0. The maximum Gasteiger partial charge on any atom is 0.330 e. The zero-order valence-corrected chi connectivity index (χ0v) is 7.85. The molecule has 0 bridgehead atoms. The number of hydrogen-bond acceptors (Lipinski definition) is 1. The molecule has 0 aromatic carbocycles. The highest BCUT2D eigenvalue weighted by Crippen LogP contribution is 1.87. The number of hydrogen-bond donors (Lipinski definition) is 1. The van der Waals surface area contributed by atoms with Crippen molar-refractivity contribution >= 4 is 5.97 Å². The van der Waals surface area contributed by atoms with Gasteiger partial charge in [-0.2, -0.15) is 0 Å².